The van der Waals surface area contributed by atoms with Gasteiger partial charge in [0.1, 0.15) is 11.2 Å². The standard InChI is InChI=1S/C46H31BN2O/c1-30-28-36-34-23-15-25-38-43(34)49(39-26-13-12-24-37(39)46(38,31-16-5-2-6-17-31)32-18-7-3-8-19-32)47-42(36)40(29-30)48(33-20-9-4-10-21-33)44-35-22-11-14-27-41(35)50-45(44)47/h2-29H,1H3. The fraction of sp³-hybridized carbons (Fsp3) is 0.0435. The molecule has 0 unspecified atom stereocenters. The molecular weight excluding hydrogens is 607 g/mol. The van der Waals surface area contributed by atoms with Gasteiger partial charge in [-0.05, 0) is 82.2 Å². The number of para-hydroxylation sites is 4. The molecule has 0 atom stereocenters. The summed E-state index contributed by atoms with van der Waals surface area (Å²) in [5.41, 5.74) is 17.3. The van der Waals surface area contributed by atoms with Crippen LogP contribution in [0.1, 0.15) is 27.8 Å². The average molecular weight is 639 g/mol. The Morgan fingerprint density at radius 1 is 0.540 bits per heavy atom. The van der Waals surface area contributed by atoms with Crippen molar-refractivity contribution in [3.8, 4) is 11.1 Å². The van der Waals surface area contributed by atoms with Gasteiger partial charge in [-0.15, -0.1) is 0 Å². The van der Waals surface area contributed by atoms with Crippen molar-refractivity contribution >= 4 is 57.4 Å². The smallest absolute Gasteiger partial charge is 0.375 e. The molecule has 0 saturated carbocycles. The molecule has 3 aliphatic heterocycles. The van der Waals surface area contributed by atoms with Gasteiger partial charge in [-0.1, -0.05) is 133 Å². The van der Waals surface area contributed by atoms with Gasteiger partial charge in [-0.3, -0.25) is 0 Å². The second kappa shape index (κ2) is 10.1. The van der Waals surface area contributed by atoms with E-state index in [2.05, 4.69) is 186 Å². The van der Waals surface area contributed by atoms with Crippen molar-refractivity contribution in [2.45, 2.75) is 12.3 Å². The van der Waals surface area contributed by atoms with Crippen molar-refractivity contribution in [2.24, 2.45) is 0 Å². The van der Waals surface area contributed by atoms with Gasteiger partial charge >= 0.3 is 6.85 Å². The molecule has 3 aliphatic rings. The molecule has 0 radical (unpaired) electrons. The molecule has 0 saturated heterocycles. The molecule has 0 N–H and O–H groups in total. The monoisotopic (exact) mass is 638 g/mol. The van der Waals surface area contributed by atoms with Crippen LogP contribution in [0.3, 0.4) is 0 Å². The van der Waals surface area contributed by atoms with Crippen molar-refractivity contribution < 1.29 is 4.42 Å². The molecule has 4 heteroatoms. The number of hydrogen-bond acceptors (Lipinski definition) is 3. The first-order chi connectivity index (χ1) is 24.7. The highest BCUT2D eigenvalue weighted by molar-refractivity contribution is 6.93. The summed E-state index contributed by atoms with van der Waals surface area (Å²) in [4.78, 5) is 5.04. The van der Waals surface area contributed by atoms with E-state index >= 15 is 0 Å². The van der Waals surface area contributed by atoms with E-state index in [0.717, 1.165) is 28.0 Å². The summed E-state index contributed by atoms with van der Waals surface area (Å²) in [6, 6.07) is 62.2. The van der Waals surface area contributed by atoms with Crippen LogP contribution in [0.5, 0.6) is 0 Å². The SMILES string of the molecule is Cc1cc2c3c(c1)N(c1ccccc1)c1c(oc4ccccc14)B3N1c3ccccc3C(c3ccccc3)(c3ccccc3)c3cccc-2c31. The molecule has 4 heterocycles. The minimum Gasteiger partial charge on any atom is -0.466 e. The molecule has 0 bridgehead atoms. The van der Waals surface area contributed by atoms with Gasteiger partial charge in [0.05, 0.1) is 11.1 Å². The fourth-order valence-electron chi connectivity index (χ4n) is 9.31. The minimum absolute atomic E-state index is 0.178. The Kier molecular flexibility index (Phi) is 5.61. The van der Waals surface area contributed by atoms with Crippen LogP contribution in [0.15, 0.2) is 174 Å². The first-order valence-electron chi connectivity index (χ1n) is 17.4. The van der Waals surface area contributed by atoms with Crippen LogP contribution in [0.25, 0.3) is 22.1 Å². The lowest BCUT2D eigenvalue weighted by Crippen LogP contribution is -2.62. The summed E-state index contributed by atoms with van der Waals surface area (Å²) in [7, 11) is 0. The second-order valence-electron chi connectivity index (χ2n) is 13.7. The molecule has 3 nitrogen and oxygen atoms in total. The van der Waals surface area contributed by atoms with E-state index in [-0.39, 0.29) is 6.85 Å². The van der Waals surface area contributed by atoms with Gasteiger partial charge in [0.15, 0.2) is 0 Å². The molecule has 11 rings (SSSR count). The van der Waals surface area contributed by atoms with Crippen molar-refractivity contribution in [1.82, 2.24) is 0 Å². The first kappa shape index (κ1) is 27.7. The third-order valence-electron chi connectivity index (χ3n) is 11.1. The van der Waals surface area contributed by atoms with Crippen molar-refractivity contribution in [1.29, 1.82) is 0 Å². The highest BCUT2D eigenvalue weighted by Gasteiger charge is 2.55. The number of nitrogens with zero attached hydrogens (tertiary/aromatic N) is 2. The topological polar surface area (TPSA) is 19.6 Å². The maximum absolute atomic E-state index is 7.09. The fourth-order valence-corrected chi connectivity index (χ4v) is 9.31. The molecule has 7 aromatic carbocycles. The minimum atomic E-state index is -0.535. The second-order valence-corrected chi connectivity index (χ2v) is 13.7. The van der Waals surface area contributed by atoms with E-state index in [9.17, 15) is 0 Å². The third-order valence-corrected chi connectivity index (χ3v) is 11.1. The normalized spacial score (nSPS) is 14.5. The maximum Gasteiger partial charge on any atom is 0.375 e. The number of benzene rings is 7. The summed E-state index contributed by atoms with van der Waals surface area (Å²) < 4.78 is 7.09. The van der Waals surface area contributed by atoms with E-state index in [1.165, 1.54) is 61.5 Å². The van der Waals surface area contributed by atoms with Crippen molar-refractivity contribution in [2.75, 3.05) is 9.71 Å². The summed E-state index contributed by atoms with van der Waals surface area (Å²) >= 11 is 0. The molecule has 0 amide bonds. The molecule has 50 heavy (non-hydrogen) atoms. The third kappa shape index (κ3) is 3.45. The Morgan fingerprint density at radius 3 is 1.94 bits per heavy atom. The van der Waals surface area contributed by atoms with Gasteiger partial charge < -0.3 is 14.1 Å². The predicted octanol–water partition coefficient (Wildman–Crippen LogP) is 10.1. The Hall–Kier alpha value is -6.26. The largest absolute Gasteiger partial charge is 0.466 e. The lowest BCUT2D eigenvalue weighted by Gasteiger charge is -2.52. The lowest BCUT2D eigenvalue weighted by atomic mass is 9.44. The van der Waals surface area contributed by atoms with Gasteiger partial charge in [0, 0.05) is 33.7 Å². The number of aryl methyl sites for hydroxylation is 1. The first-order valence-corrected chi connectivity index (χ1v) is 17.4. The van der Waals surface area contributed by atoms with Crippen molar-refractivity contribution in [3.05, 3.63) is 198 Å². The average Bonchev–Trinajstić information content (AvgIpc) is 3.56. The van der Waals surface area contributed by atoms with Crippen LogP contribution in [-0.4, -0.2) is 6.85 Å². The van der Waals surface area contributed by atoms with Crippen LogP contribution in [0.4, 0.5) is 28.4 Å². The van der Waals surface area contributed by atoms with Crippen LogP contribution < -0.4 is 20.8 Å². The Bertz CT molecular complexity index is 2590. The van der Waals surface area contributed by atoms with Gasteiger partial charge in [0.25, 0.3) is 0 Å². The van der Waals surface area contributed by atoms with Crippen LogP contribution in [-0.2, 0) is 5.41 Å². The highest BCUT2D eigenvalue weighted by atomic mass is 16.3. The molecule has 0 fully saturated rings. The number of anilines is 5. The summed E-state index contributed by atoms with van der Waals surface area (Å²) in [5.74, 6) is 0. The maximum atomic E-state index is 7.09. The lowest BCUT2D eigenvalue weighted by molar-refractivity contribution is 0.649. The number of furan rings is 1. The zero-order chi connectivity index (χ0) is 33.0. The number of fused-ring (bicyclic) bond motifs is 8. The van der Waals surface area contributed by atoms with Crippen LogP contribution >= 0.6 is 0 Å². The highest BCUT2D eigenvalue weighted by Crippen LogP contribution is 2.60. The van der Waals surface area contributed by atoms with E-state index in [0.29, 0.717) is 0 Å². The van der Waals surface area contributed by atoms with Gasteiger partial charge in [-0.25, -0.2) is 0 Å². The zero-order valence-corrected chi connectivity index (χ0v) is 27.5. The molecule has 8 aromatic rings. The molecule has 1 aromatic heterocycles. The molecular formula is C46H31BN2O. The van der Waals surface area contributed by atoms with E-state index in [1.54, 1.807) is 0 Å². The predicted molar refractivity (Wildman–Crippen MR) is 207 cm³/mol. The van der Waals surface area contributed by atoms with Gasteiger partial charge in [-0.2, -0.15) is 0 Å². The summed E-state index contributed by atoms with van der Waals surface area (Å²) in [5, 5.41) is 1.12. The van der Waals surface area contributed by atoms with Crippen LogP contribution in [0, 0.1) is 6.92 Å². The van der Waals surface area contributed by atoms with E-state index in [1.807, 2.05) is 0 Å². The number of hydrogen-bond donors (Lipinski definition) is 0. The molecule has 0 aliphatic carbocycles. The summed E-state index contributed by atoms with van der Waals surface area (Å²) in [6.45, 7) is 2.05. The van der Waals surface area contributed by atoms with E-state index < -0.39 is 5.41 Å². The van der Waals surface area contributed by atoms with E-state index in [4.69, 9.17) is 4.42 Å². The molecule has 0 spiro atoms. The Labute approximate surface area is 291 Å². The Morgan fingerprint density at radius 2 is 1.18 bits per heavy atom. The zero-order valence-electron chi connectivity index (χ0n) is 27.5. The quantitative estimate of drug-likeness (QED) is 0.180. The number of rotatable bonds is 3. The molecule has 234 valence electrons. The Balaban J connectivity index is 1.33. The van der Waals surface area contributed by atoms with Gasteiger partial charge in [0.2, 0.25) is 0 Å². The van der Waals surface area contributed by atoms with Crippen molar-refractivity contribution in [3.63, 3.8) is 0 Å². The van der Waals surface area contributed by atoms with Crippen LogP contribution in [0.2, 0.25) is 0 Å². The summed E-state index contributed by atoms with van der Waals surface area (Å²) in [6.07, 6.45) is 0.